The Bertz CT molecular complexity index is 424. The number of likely N-dealkylation sites (tertiary alicyclic amines) is 1. The molecule has 6 N–H and O–H groups in total. The molecule has 2 aliphatic heterocycles. The maximum Gasteiger partial charge on any atom is 0.408 e. The SMILES string of the molecule is NC1CC[C@@H](C(=O)NNC(=O)[C@@H]2CCNC2)N(C(=O)O)C1. The van der Waals surface area contributed by atoms with Crippen molar-refractivity contribution in [2.24, 2.45) is 11.7 Å². The fourth-order valence-corrected chi connectivity index (χ4v) is 2.67. The smallest absolute Gasteiger partial charge is 0.408 e. The molecule has 2 fully saturated rings. The Balaban J connectivity index is 1.86. The predicted octanol–water partition coefficient (Wildman–Crippen LogP) is -1.79. The van der Waals surface area contributed by atoms with E-state index in [1.807, 2.05) is 0 Å². The van der Waals surface area contributed by atoms with Crippen LogP contribution in [0.25, 0.3) is 0 Å². The molecule has 21 heavy (non-hydrogen) atoms. The van der Waals surface area contributed by atoms with Crippen molar-refractivity contribution >= 4 is 17.9 Å². The number of piperidine rings is 1. The largest absolute Gasteiger partial charge is 0.465 e. The maximum atomic E-state index is 12.1. The Morgan fingerprint density at radius 2 is 1.86 bits per heavy atom. The molecule has 9 heteroatoms. The molecule has 118 valence electrons. The van der Waals surface area contributed by atoms with Crippen molar-refractivity contribution in [2.75, 3.05) is 19.6 Å². The average Bonchev–Trinajstić information content (AvgIpc) is 2.98. The summed E-state index contributed by atoms with van der Waals surface area (Å²) in [6.45, 7) is 1.48. The van der Waals surface area contributed by atoms with Gasteiger partial charge in [-0.2, -0.15) is 0 Å². The van der Waals surface area contributed by atoms with Gasteiger partial charge >= 0.3 is 6.09 Å². The molecule has 0 aromatic heterocycles. The first-order chi connectivity index (χ1) is 9.99. The van der Waals surface area contributed by atoms with Crippen LogP contribution in [0.3, 0.4) is 0 Å². The summed E-state index contributed by atoms with van der Waals surface area (Å²) in [6.07, 6.45) is 0.459. The van der Waals surface area contributed by atoms with Gasteiger partial charge in [-0.25, -0.2) is 4.79 Å². The van der Waals surface area contributed by atoms with E-state index >= 15 is 0 Å². The van der Waals surface area contributed by atoms with Crippen molar-refractivity contribution in [3.8, 4) is 0 Å². The van der Waals surface area contributed by atoms with Crippen LogP contribution >= 0.6 is 0 Å². The molecule has 0 aliphatic carbocycles. The number of amides is 3. The predicted molar refractivity (Wildman–Crippen MR) is 73.0 cm³/mol. The summed E-state index contributed by atoms with van der Waals surface area (Å²) >= 11 is 0. The first-order valence-electron chi connectivity index (χ1n) is 7.04. The van der Waals surface area contributed by atoms with E-state index in [1.165, 1.54) is 0 Å². The fraction of sp³-hybridized carbons (Fsp3) is 0.750. The summed E-state index contributed by atoms with van der Waals surface area (Å²) in [4.78, 5) is 36.0. The van der Waals surface area contributed by atoms with Gasteiger partial charge in [0.1, 0.15) is 6.04 Å². The minimum absolute atomic E-state index is 0.119. The molecule has 0 bridgehead atoms. The minimum atomic E-state index is -1.18. The first-order valence-corrected chi connectivity index (χ1v) is 7.04. The van der Waals surface area contributed by atoms with Crippen LogP contribution in [0.2, 0.25) is 0 Å². The fourth-order valence-electron chi connectivity index (χ4n) is 2.67. The second-order valence-electron chi connectivity index (χ2n) is 5.46. The van der Waals surface area contributed by atoms with Gasteiger partial charge in [0.05, 0.1) is 5.92 Å². The Kier molecular flexibility index (Phi) is 4.97. The molecule has 2 rings (SSSR count). The molecule has 0 aromatic rings. The Hall–Kier alpha value is -1.87. The van der Waals surface area contributed by atoms with E-state index in [-0.39, 0.29) is 24.4 Å². The minimum Gasteiger partial charge on any atom is -0.465 e. The summed E-state index contributed by atoms with van der Waals surface area (Å²) < 4.78 is 0. The Morgan fingerprint density at radius 1 is 1.14 bits per heavy atom. The molecule has 1 unspecified atom stereocenters. The Morgan fingerprint density at radius 3 is 2.48 bits per heavy atom. The number of nitrogens with two attached hydrogens (primary N) is 1. The van der Waals surface area contributed by atoms with E-state index in [1.54, 1.807) is 0 Å². The zero-order valence-electron chi connectivity index (χ0n) is 11.7. The van der Waals surface area contributed by atoms with Gasteiger partial charge in [-0.15, -0.1) is 0 Å². The van der Waals surface area contributed by atoms with E-state index in [9.17, 15) is 14.4 Å². The lowest BCUT2D eigenvalue weighted by Crippen LogP contribution is -2.59. The van der Waals surface area contributed by atoms with Gasteiger partial charge in [-0.1, -0.05) is 0 Å². The molecule has 2 saturated heterocycles. The second-order valence-corrected chi connectivity index (χ2v) is 5.46. The number of carbonyl (C=O) groups is 3. The van der Waals surface area contributed by atoms with Crippen LogP contribution in [-0.4, -0.2) is 59.6 Å². The molecule has 0 radical (unpaired) electrons. The maximum absolute atomic E-state index is 12.1. The van der Waals surface area contributed by atoms with Gasteiger partial charge in [-0.3, -0.25) is 25.3 Å². The van der Waals surface area contributed by atoms with Gasteiger partial charge in [-0.05, 0) is 25.8 Å². The molecular formula is C12H21N5O4. The second kappa shape index (κ2) is 6.72. The monoisotopic (exact) mass is 299 g/mol. The number of nitrogens with zero attached hydrogens (tertiary/aromatic N) is 1. The van der Waals surface area contributed by atoms with Crippen LogP contribution in [0.4, 0.5) is 4.79 Å². The standard InChI is InChI=1S/C12H21N5O4/c13-8-1-2-9(17(6-8)12(20)21)11(19)16-15-10(18)7-3-4-14-5-7/h7-9,14H,1-6,13H2,(H,15,18)(H,16,19)(H,20,21)/t7-,8?,9+/m1/s1. The van der Waals surface area contributed by atoms with Crippen molar-refractivity contribution < 1.29 is 19.5 Å². The number of hydrogen-bond donors (Lipinski definition) is 5. The van der Waals surface area contributed by atoms with Crippen molar-refractivity contribution in [1.29, 1.82) is 0 Å². The van der Waals surface area contributed by atoms with Crippen molar-refractivity contribution in [2.45, 2.75) is 31.3 Å². The zero-order valence-corrected chi connectivity index (χ0v) is 11.7. The highest BCUT2D eigenvalue weighted by Gasteiger charge is 2.35. The first kappa shape index (κ1) is 15.5. The van der Waals surface area contributed by atoms with Crippen LogP contribution in [0.5, 0.6) is 0 Å². The highest BCUT2D eigenvalue weighted by atomic mass is 16.4. The number of carboxylic acid groups (broad SMARTS) is 1. The number of nitrogens with one attached hydrogen (secondary N) is 3. The van der Waals surface area contributed by atoms with Crippen molar-refractivity contribution in [3.05, 3.63) is 0 Å². The third-order valence-corrected chi connectivity index (χ3v) is 3.91. The van der Waals surface area contributed by atoms with Gasteiger partial charge in [0.15, 0.2) is 0 Å². The summed E-state index contributed by atoms with van der Waals surface area (Å²) in [5.74, 6) is -0.952. The number of carbonyl (C=O) groups excluding carboxylic acids is 2. The van der Waals surface area contributed by atoms with Gasteiger partial charge in [0.2, 0.25) is 5.91 Å². The number of rotatable bonds is 2. The van der Waals surface area contributed by atoms with E-state index < -0.39 is 18.0 Å². The normalized spacial score (nSPS) is 29.0. The zero-order chi connectivity index (χ0) is 15.4. The molecule has 2 heterocycles. The van der Waals surface area contributed by atoms with Crippen molar-refractivity contribution in [1.82, 2.24) is 21.1 Å². The van der Waals surface area contributed by atoms with Crippen LogP contribution < -0.4 is 21.9 Å². The summed E-state index contributed by atoms with van der Waals surface area (Å²) in [7, 11) is 0. The van der Waals surface area contributed by atoms with E-state index in [4.69, 9.17) is 10.8 Å². The molecule has 0 saturated carbocycles. The number of hydrogen-bond acceptors (Lipinski definition) is 5. The molecule has 3 atom stereocenters. The molecule has 0 spiro atoms. The third kappa shape index (κ3) is 3.82. The van der Waals surface area contributed by atoms with Crippen LogP contribution in [0.15, 0.2) is 0 Å². The third-order valence-electron chi connectivity index (χ3n) is 3.91. The summed E-state index contributed by atoms with van der Waals surface area (Å²) in [5.41, 5.74) is 10.4. The van der Waals surface area contributed by atoms with E-state index in [2.05, 4.69) is 16.2 Å². The molecular weight excluding hydrogens is 278 g/mol. The van der Waals surface area contributed by atoms with Crippen LogP contribution in [0.1, 0.15) is 19.3 Å². The highest BCUT2D eigenvalue weighted by Crippen LogP contribution is 2.16. The van der Waals surface area contributed by atoms with Crippen molar-refractivity contribution in [3.63, 3.8) is 0 Å². The van der Waals surface area contributed by atoms with Gasteiger partial charge in [0, 0.05) is 19.1 Å². The lowest BCUT2D eigenvalue weighted by atomic mass is 9.99. The molecule has 0 aromatic carbocycles. The van der Waals surface area contributed by atoms with E-state index in [0.29, 0.717) is 19.4 Å². The lowest BCUT2D eigenvalue weighted by molar-refractivity contribution is -0.133. The molecule has 9 nitrogen and oxygen atoms in total. The molecule has 3 amide bonds. The summed E-state index contributed by atoms with van der Waals surface area (Å²) in [5, 5.41) is 12.2. The van der Waals surface area contributed by atoms with Gasteiger partial charge in [0.25, 0.3) is 5.91 Å². The van der Waals surface area contributed by atoms with E-state index in [0.717, 1.165) is 17.9 Å². The van der Waals surface area contributed by atoms with Gasteiger partial charge < -0.3 is 16.2 Å². The molecule has 2 aliphatic rings. The quantitative estimate of drug-likeness (QED) is 0.382. The summed E-state index contributed by atoms with van der Waals surface area (Å²) in [6, 6.07) is -1.08. The lowest BCUT2D eigenvalue weighted by Gasteiger charge is -2.35. The highest BCUT2D eigenvalue weighted by molar-refractivity contribution is 5.88. The van der Waals surface area contributed by atoms with Crippen LogP contribution in [0, 0.1) is 5.92 Å². The number of hydrazine groups is 1. The van der Waals surface area contributed by atoms with Crippen LogP contribution in [-0.2, 0) is 9.59 Å². The topological polar surface area (TPSA) is 137 Å². The Labute approximate surface area is 122 Å². The average molecular weight is 299 g/mol.